The number of hydrogen-bond donors (Lipinski definition) is 0. The van der Waals surface area contributed by atoms with Gasteiger partial charge in [-0.25, -0.2) is 9.97 Å². The minimum absolute atomic E-state index is 0.166. The van der Waals surface area contributed by atoms with Crippen molar-refractivity contribution in [1.82, 2.24) is 14.9 Å². The van der Waals surface area contributed by atoms with Gasteiger partial charge in [-0.3, -0.25) is 4.79 Å². The minimum atomic E-state index is 0.166. The lowest BCUT2D eigenvalue weighted by atomic mass is 10.0. The number of aromatic nitrogens is 2. The van der Waals surface area contributed by atoms with E-state index in [0.29, 0.717) is 6.04 Å². The Hall–Kier alpha value is -1.49. The maximum Gasteiger partial charge on any atom is 0.264 e. The average Bonchev–Trinajstić information content (AvgIpc) is 2.75. The van der Waals surface area contributed by atoms with Crippen molar-refractivity contribution in [2.24, 2.45) is 0 Å². The van der Waals surface area contributed by atoms with E-state index in [1.807, 2.05) is 25.7 Å². The molecule has 0 saturated carbocycles. The van der Waals surface area contributed by atoms with Crippen molar-refractivity contribution >= 4 is 27.5 Å². The molecule has 112 valence electrons. The van der Waals surface area contributed by atoms with Crippen LogP contribution in [-0.2, 0) is 0 Å². The molecule has 0 aliphatic carbocycles. The van der Waals surface area contributed by atoms with Gasteiger partial charge in [-0.2, -0.15) is 0 Å². The second-order valence-electron chi connectivity index (χ2n) is 5.94. The fourth-order valence-corrected chi connectivity index (χ4v) is 4.44. The molecule has 2 aromatic rings. The number of nitrogens with zero attached hydrogens (tertiary/aromatic N) is 3. The van der Waals surface area contributed by atoms with E-state index < -0.39 is 0 Å². The molecule has 1 fully saturated rings. The normalized spacial score (nSPS) is 19.2. The first-order valence-electron chi connectivity index (χ1n) is 7.54. The largest absolute Gasteiger partial charge is 0.335 e. The lowest BCUT2D eigenvalue weighted by Gasteiger charge is -2.33. The van der Waals surface area contributed by atoms with Crippen molar-refractivity contribution in [3.8, 4) is 0 Å². The van der Waals surface area contributed by atoms with E-state index in [1.54, 1.807) is 0 Å². The molecule has 0 radical (unpaired) electrons. The molecule has 3 rings (SSSR count). The second kappa shape index (κ2) is 5.37. The Morgan fingerprint density at radius 1 is 1.24 bits per heavy atom. The summed E-state index contributed by atoms with van der Waals surface area (Å²) in [6.45, 7) is 8.93. The quantitative estimate of drug-likeness (QED) is 0.808. The molecule has 1 atom stereocenters. The molecule has 0 N–H and O–H groups in total. The van der Waals surface area contributed by atoms with E-state index in [1.165, 1.54) is 17.8 Å². The van der Waals surface area contributed by atoms with Gasteiger partial charge in [-0.05, 0) is 52.5 Å². The minimum Gasteiger partial charge on any atom is -0.335 e. The van der Waals surface area contributed by atoms with Crippen molar-refractivity contribution in [1.29, 1.82) is 0 Å². The summed E-state index contributed by atoms with van der Waals surface area (Å²) in [4.78, 5) is 25.6. The number of thiophene rings is 1. The highest BCUT2D eigenvalue weighted by atomic mass is 32.1. The van der Waals surface area contributed by atoms with Crippen LogP contribution >= 0.6 is 11.3 Å². The molecule has 1 aliphatic heterocycles. The Bertz CT molecular complexity index is 707. The van der Waals surface area contributed by atoms with Gasteiger partial charge in [0.1, 0.15) is 10.7 Å². The lowest BCUT2D eigenvalue weighted by molar-refractivity contribution is 0.0640. The zero-order valence-corrected chi connectivity index (χ0v) is 13.9. The SMILES string of the molecule is Cc1nc(C)c2c(C)c(C(=O)N3CCCCC3C)sc2n1. The van der Waals surface area contributed by atoms with Crippen molar-refractivity contribution in [3.63, 3.8) is 0 Å². The predicted molar refractivity (Wildman–Crippen MR) is 86.0 cm³/mol. The molecule has 2 aromatic heterocycles. The summed E-state index contributed by atoms with van der Waals surface area (Å²) in [7, 11) is 0. The van der Waals surface area contributed by atoms with E-state index in [4.69, 9.17) is 0 Å². The number of carbonyl (C=O) groups is 1. The lowest BCUT2D eigenvalue weighted by Crippen LogP contribution is -2.41. The first kappa shape index (κ1) is 14.4. The van der Waals surface area contributed by atoms with E-state index >= 15 is 0 Å². The molecule has 0 bridgehead atoms. The van der Waals surface area contributed by atoms with Gasteiger partial charge in [0.2, 0.25) is 0 Å². The van der Waals surface area contributed by atoms with Crippen LogP contribution < -0.4 is 0 Å². The highest BCUT2D eigenvalue weighted by Gasteiger charge is 2.27. The van der Waals surface area contributed by atoms with Crippen LogP contribution in [0.2, 0.25) is 0 Å². The molecular formula is C16H21N3OS. The zero-order valence-electron chi connectivity index (χ0n) is 13.1. The summed E-state index contributed by atoms with van der Waals surface area (Å²) in [5.74, 6) is 0.936. The van der Waals surface area contributed by atoms with Gasteiger partial charge in [0.15, 0.2) is 0 Å². The van der Waals surface area contributed by atoms with Gasteiger partial charge in [0.25, 0.3) is 5.91 Å². The van der Waals surface area contributed by atoms with Crippen molar-refractivity contribution in [2.45, 2.75) is 53.0 Å². The van der Waals surface area contributed by atoms with Crippen LogP contribution in [0.3, 0.4) is 0 Å². The maximum atomic E-state index is 12.9. The van der Waals surface area contributed by atoms with E-state index in [0.717, 1.165) is 51.6 Å². The van der Waals surface area contributed by atoms with Crippen LogP contribution in [-0.4, -0.2) is 33.4 Å². The Labute approximate surface area is 129 Å². The van der Waals surface area contributed by atoms with Crippen molar-refractivity contribution in [3.05, 3.63) is 22.0 Å². The highest BCUT2D eigenvalue weighted by molar-refractivity contribution is 7.20. The topological polar surface area (TPSA) is 46.1 Å². The molecule has 3 heterocycles. The van der Waals surface area contributed by atoms with E-state index in [9.17, 15) is 4.79 Å². The third-order valence-electron chi connectivity index (χ3n) is 4.34. The number of piperidine rings is 1. The van der Waals surface area contributed by atoms with Crippen LogP contribution in [0.1, 0.15) is 52.9 Å². The van der Waals surface area contributed by atoms with Crippen LogP contribution in [0.4, 0.5) is 0 Å². The summed E-state index contributed by atoms with van der Waals surface area (Å²) in [6, 6.07) is 0.338. The smallest absolute Gasteiger partial charge is 0.264 e. The molecule has 0 aromatic carbocycles. The number of aryl methyl sites for hydroxylation is 3. The maximum absolute atomic E-state index is 12.9. The van der Waals surface area contributed by atoms with Crippen LogP contribution in [0.15, 0.2) is 0 Å². The van der Waals surface area contributed by atoms with Gasteiger partial charge in [-0.15, -0.1) is 11.3 Å². The third kappa shape index (κ3) is 2.44. The number of carbonyl (C=O) groups excluding carboxylic acids is 1. The Morgan fingerprint density at radius 2 is 2.00 bits per heavy atom. The summed E-state index contributed by atoms with van der Waals surface area (Å²) in [5.41, 5.74) is 2.01. The number of hydrogen-bond acceptors (Lipinski definition) is 4. The van der Waals surface area contributed by atoms with Crippen molar-refractivity contribution < 1.29 is 4.79 Å². The average molecular weight is 303 g/mol. The fourth-order valence-electron chi connectivity index (χ4n) is 3.21. The summed E-state index contributed by atoms with van der Waals surface area (Å²) < 4.78 is 0. The predicted octanol–water partition coefficient (Wildman–Crippen LogP) is 3.63. The first-order valence-corrected chi connectivity index (χ1v) is 8.36. The Morgan fingerprint density at radius 3 is 2.71 bits per heavy atom. The van der Waals surface area contributed by atoms with Crippen molar-refractivity contribution in [2.75, 3.05) is 6.54 Å². The van der Waals surface area contributed by atoms with Gasteiger partial charge in [0, 0.05) is 23.7 Å². The first-order chi connectivity index (χ1) is 9.99. The molecule has 4 nitrogen and oxygen atoms in total. The van der Waals surface area contributed by atoms with Crippen LogP contribution in [0.5, 0.6) is 0 Å². The molecule has 0 spiro atoms. The molecule has 1 saturated heterocycles. The summed E-state index contributed by atoms with van der Waals surface area (Å²) in [5, 5.41) is 1.05. The van der Waals surface area contributed by atoms with Gasteiger partial charge >= 0.3 is 0 Å². The highest BCUT2D eigenvalue weighted by Crippen LogP contribution is 2.33. The standard InChI is InChI=1S/C16H21N3OS/c1-9-7-5-6-8-19(9)16(20)14-10(2)13-11(3)17-12(4)18-15(13)21-14/h9H,5-8H2,1-4H3. The monoisotopic (exact) mass is 303 g/mol. The molecule has 5 heteroatoms. The molecule has 21 heavy (non-hydrogen) atoms. The Kier molecular flexibility index (Phi) is 3.69. The third-order valence-corrected chi connectivity index (χ3v) is 5.51. The summed E-state index contributed by atoms with van der Waals surface area (Å²) in [6.07, 6.45) is 3.44. The molecule has 1 unspecified atom stereocenters. The molecule has 1 amide bonds. The zero-order chi connectivity index (χ0) is 15.1. The molecular weight excluding hydrogens is 282 g/mol. The van der Waals surface area contributed by atoms with E-state index in [-0.39, 0.29) is 5.91 Å². The number of amides is 1. The molecule has 1 aliphatic rings. The van der Waals surface area contributed by atoms with Crippen LogP contribution in [0, 0.1) is 20.8 Å². The van der Waals surface area contributed by atoms with Gasteiger partial charge in [0.05, 0.1) is 4.88 Å². The van der Waals surface area contributed by atoms with Crippen LogP contribution in [0.25, 0.3) is 10.2 Å². The summed E-state index contributed by atoms with van der Waals surface area (Å²) >= 11 is 1.51. The van der Waals surface area contributed by atoms with E-state index in [2.05, 4.69) is 16.9 Å². The number of rotatable bonds is 1. The second-order valence-corrected chi connectivity index (χ2v) is 6.93. The van der Waals surface area contributed by atoms with Gasteiger partial charge in [-0.1, -0.05) is 0 Å². The Balaban J connectivity index is 2.06. The fraction of sp³-hybridized carbons (Fsp3) is 0.562. The number of fused-ring (bicyclic) bond motifs is 1. The van der Waals surface area contributed by atoms with Gasteiger partial charge < -0.3 is 4.90 Å². The number of likely N-dealkylation sites (tertiary alicyclic amines) is 1.